The van der Waals surface area contributed by atoms with E-state index in [0.29, 0.717) is 18.3 Å². The third-order valence-electron chi connectivity index (χ3n) is 5.07. The van der Waals surface area contributed by atoms with E-state index in [1.54, 1.807) is 0 Å². The van der Waals surface area contributed by atoms with Crippen LogP contribution in [0, 0.1) is 17.8 Å². The van der Waals surface area contributed by atoms with Gasteiger partial charge in [0.05, 0.1) is 39.1 Å². The second kappa shape index (κ2) is 5.32. The minimum Gasteiger partial charge on any atom is -0.376 e. The Hall–Kier alpha value is -0.160. The maximum absolute atomic E-state index is 5.23. The quantitative estimate of drug-likeness (QED) is 0.687. The maximum Gasteiger partial charge on any atom is 0.104 e. The molecule has 4 heteroatoms. The van der Waals surface area contributed by atoms with Crippen LogP contribution in [0.4, 0.5) is 0 Å². The Balaban J connectivity index is 0.000000103. The van der Waals surface area contributed by atoms with Crippen molar-refractivity contribution in [1.82, 2.24) is 0 Å². The summed E-state index contributed by atoms with van der Waals surface area (Å²) in [5, 5.41) is 0. The van der Waals surface area contributed by atoms with Crippen molar-refractivity contribution in [2.45, 2.75) is 44.0 Å². The van der Waals surface area contributed by atoms with Crippen molar-refractivity contribution >= 4 is 0 Å². The number of ether oxygens (including phenoxy) is 4. The zero-order valence-electron chi connectivity index (χ0n) is 11.5. The lowest BCUT2D eigenvalue weighted by atomic mass is 9.52. The molecule has 0 N–H and O–H groups in total. The lowest BCUT2D eigenvalue weighted by molar-refractivity contribution is -0.0326. The van der Waals surface area contributed by atoms with Crippen LogP contribution in [0.5, 0.6) is 0 Å². The number of hydrogen-bond acceptors (Lipinski definition) is 4. The fourth-order valence-electron chi connectivity index (χ4n) is 3.35. The van der Waals surface area contributed by atoms with E-state index in [1.807, 2.05) is 0 Å². The highest BCUT2D eigenvalue weighted by Gasteiger charge is 2.48. The van der Waals surface area contributed by atoms with Crippen molar-refractivity contribution in [3.05, 3.63) is 0 Å². The van der Waals surface area contributed by atoms with Crippen molar-refractivity contribution in [1.29, 1.82) is 0 Å². The summed E-state index contributed by atoms with van der Waals surface area (Å²) in [7, 11) is 0. The highest BCUT2D eigenvalue weighted by atomic mass is 16.6. The Morgan fingerprint density at radius 1 is 0.842 bits per heavy atom. The van der Waals surface area contributed by atoms with E-state index in [9.17, 15) is 0 Å². The Morgan fingerprint density at radius 3 is 1.84 bits per heavy atom. The smallest absolute Gasteiger partial charge is 0.104 e. The van der Waals surface area contributed by atoms with Gasteiger partial charge in [0.15, 0.2) is 0 Å². The van der Waals surface area contributed by atoms with Gasteiger partial charge in [-0.15, -0.1) is 0 Å². The molecule has 5 fully saturated rings. The molecule has 5 aliphatic rings. The molecule has 2 aliphatic carbocycles. The molecule has 0 aromatic heterocycles. The molecule has 3 saturated heterocycles. The molecule has 6 unspecified atom stereocenters. The van der Waals surface area contributed by atoms with Gasteiger partial charge in [-0.25, -0.2) is 0 Å². The molecule has 0 aromatic carbocycles. The lowest BCUT2D eigenvalue weighted by Crippen LogP contribution is -2.44. The highest BCUT2D eigenvalue weighted by molar-refractivity contribution is 4.98. The van der Waals surface area contributed by atoms with E-state index < -0.39 is 0 Å². The summed E-state index contributed by atoms with van der Waals surface area (Å²) in [6.45, 7) is 4.32. The molecule has 0 bridgehead atoms. The molecule has 2 saturated carbocycles. The first-order valence-electron chi connectivity index (χ1n) is 7.81. The van der Waals surface area contributed by atoms with Gasteiger partial charge in [0.1, 0.15) is 12.2 Å². The van der Waals surface area contributed by atoms with Crippen LogP contribution < -0.4 is 0 Å². The summed E-state index contributed by atoms with van der Waals surface area (Å²) in [5.74, 6) is 3.37. The van der Waals surface area contributed by atoms with Crippen LogP contribution in [0.25, 0.3) is 0 Å². The van der Waals surface area contributed by atoms with E-state index in [2.05, 4.69) is 0 Å². The molecule has 3 aliphatic heterocycles. The molecular formula is C15H24O4. The molecule has 5 rings (SSSR count). The molecule has 3 heterocycles. The molecule has 108 valence electrons. The topological polar surface area (TPSA) is 46.8 Å². The lowest BCUT2D eigenvalue weighted by Gasteiger charge is -2.53. The maximum atomic E-state index is 5.23. The van der Waals surface area contributed by atoms with Gasteiger partial charge in [0.2, 0.25) is 0 Å². The van der Waals surface area contributed by atoms with Crippen LogP contribution in [0.1, 0.15) is 25.7 Å². The van der Waals surface area contributed by atoms with E-state index in [4.69, 9.17) is 18.9 Å². The zero-order valence-corrected chi connectivity index (χ0v) is 11.5. The van der Waals surface area contributed by atoms with Gasteiger partial charge in [0, 0.05) is 0 Å². The Morgan fingerprint density at radius 2 is 1.47 bits per heavy atom. The Kier molecular flexibility index (Phi) is 3.52. The fraction of sp³-hybridized carbons (Fsp3) is 1.00. The van der Waals surface area contributed by atoms with Crippen molar-refractivity contribution in [3.63, 3.8) is 0 Å². The summed E-state index contributed by atoms with van der Waals surface area (Å²) in [6.07, 6.45) is 7.46. The van der Waals surface area contributed by atoms with Gasteiger partial charge < -0.3 is 18.9 Å². The van der Waals surface area contributed by atoms with Gasteiger partial charge in [-0.3, -0.25) is 0 Å². The normalized spacial score (nSPS) is 48.0. The Labute approximate surface area is 114 Å². The predicted octanol–water partition coefficient (Wildman–Crippen LogP) is 1.62. The number of epoxide rings is 3. The van der Waals surface area contributed by atoms with Gasteiger partial charge in [-0.05, 0) is 43.4 Å². The third kappa shape index (κ3) is 3.48. The number of hydrogen-bond donors (Lipinski definition) is 0. The van der Waals surface area contributed by atoms with Crippen LogP contribution >= 0.6 is 0 Å². The minimum atomic E-state index is 0.392. The summed E-state index contributed by atoms with van der Waals surface area (Å²) in [5.41, 5.74) is 0. The molecule has 4 nitrogen and oxygen atoms in total. The van der Waals surface area contributed by atoms with Gasteiger partial charge in [-0.2, -0.15) is 0 Å². The van der Waals surface area contributed by atoms with Crippen molar-refractivity contribution < 1.29 is 18.9 Å². The largest absolute Gasteiger partial charge is 0.376 e. The molecule has 0 aromatic rings. The summed E-state index contributed by atoms with van der Waals surface area (Å²) in [6, 6.07) is 0. The monoisotopic (exact) mass is 268 g/mol. The number of rotatable bonds is 6. The summed E-state index contributed by atoms with van der Waals surface area (Å²) in [4.78, 5) is 0. The SMILES string of the molecule is C(OCC1CO1)C1CO1.C1OC1CC1CC2CCC21. The second-order valence-corrected chi connectivity index (χ2v) is 6.64. The van der Waals surface area contributed by atoms with Crippen molar-refractivity contribution in [2.75, 3.05) is 33.0 Å². The Bertz CT molecular complexity index is 297. The first-order chi connectivity index (χ1) is 9.38. The number of fused-ring (bicyclic) bond motifs is 1. The average Bonchev–Trinajstić information content (AvgIpc) is 3.24. The van der Waals surface area contributed by atoms with Gasteiger partial charge in [-0.1, -0.05) is 0 Å². The molecule has 19 heavy (non-hydrogen) atoms. The summed E-state index contributed by atoms with van der Waals surface area (Å²) < 4.78 is 20.3. The molecule has 6 atom stereocenters. The molecule has 0 radical (unpaired) electrons. The van der Waals surface area contributed by atoms with Crippen LogP contribution in [0.15, 0.2) is 0 Å². The molecule has 0 spiro atoms. The van der Waals surface area contributed by atoms with Gasteiger partial charge >= 0.3 is 0 Å². The summed E-state index contributed by atoms with van der Waals surface area (Å²) >= 11 is 0. The van der Waals surface area contributed by atoms with Crippen molar-refractivity contribution in [3.8, 4) is 0 Å². The fourth-order valence-corrected chi connectivity index (χ4v) is 3.35. The van der Waals surface area contributed by atoms with Crippen molar-refractivity contribution in [2.24, 2.45) is 17.8 Å². The van der Waals surface area contributed by atoms with E-state index in [-0.39, 0.29) is 0 Å². The van der Waals surface area contributed by atoms with Crippen LogP contribution in [-0.4, -0.2) is 51.3 Å². The van der Waals surface area contributed by atoms with E-state index in [0.717, 1.165) is 50.8 Å². The van der Waals surface area contributed by atoms with E-state index in [1.165, 1.54) is 25.7 Å². The first kappa shape index (κ1) is 12.6. The van der Waals surface area contributed by atoms with Gasteiger partial charge in [0.25, 0.3) is 0 Å². The minimum absolute atomic E-state index is 0.392. The first-order valence-corrected chi connectivity index (χ1v) is 7.81. The average molecular weight is 268 g/mol. The van der Waals surface area contributed by atoms with Crippen LogP contribution in [0.3, 0.4) is 0 Å². The van der Waals surface area contributed by atoms with Crippen LogP contribution in [-0.2, 0) is 18.9 Å². The van der Waals surface area contributed by atoms with E-state index >= 15 is 0 Å². The van der Waals surface area contributed by atoms with Crippen LogP contribution in [0.2, 0.25) is 0 Å². The highest BCUT2D eigenvalue weighted by Crippen LogP contribution is 2.56. The zero-order chi connectivity index (χ0) is 12.7. The third-order valence-corrected chi connectivity index (χ3v) is 5.07. The molecule has 0 amide bonds. The second-order valence-electron chi connectivity index (χ2n) is 6.64. The molecular weight excluding hydrogens is 244 g/mol. The predicted molar refractivity (Wildman–Crippen MR) is 69.0 cm³/mol. The standard InChI is InChI=1S/C9H14O.C6H10O3/c1-2-9-6(1)3-7(9)4-8-5-10-8;1(5-3-8-5)7-2-6-4-9-6/h6-9H,1-5H2;5-6H,1-4H2.